The van der Waals surface area contributed by atoms with Crippen molar-refractivity contribution in [1.82, 2.24) is 4.98 Å². The number of rotatable bonds is 4. The summed E-state index contributed by atoms with van der Waals surface area (Å²) in [6, 6.07) is 4.16. The number of thiophene rings is 1. The number of thiazole rings is 1. The Balaban J connectivity index is 2.26. The molecule has 0 saturated carbocycles. The van der Waals surface area contributed by atoms with Crippen molar-refractivity contribution in [3.63, 3.8) is 0 Å². The maximum absolute atomic E-state index is 10.9. The average Bonchev–Trinajstić information content (AvgIpc) is 2.95. The number of carboxylic acid groups (broad SMARTS) is 1. The number of halogens is 1. The smallest absolute Gasteiger partial charge is 0.349 e. The number of aromatic nitrogens is 1. The second kappa shape index (κ2) is 5.26. The Hall–Kier alpha value is -1.11. The molecule has 0 fully saturated rings. The van der Waals surface area contributed by atoms with Crippen LogP contribution in [-0.2, 0) is 0 Å². The van der Waals surface area contributed by atoms with Crippen LogP contribution in [0, 0.1) is 0 Å². The lowest BCUT2D eigenvalue weighted by molar-refractivity contribution is 0.0702. The van der Waals surface area contributed by atoms with Gasteiger partial charge in [0.25, 0.3) is 0 Å². The van der Waals surface area contributed by atoms with Crippen LogP contribution in [0.15, 0.2) is 17.5 Å². The van der Waals surface area contributed by atoms with Gasteiger partial charge < -0.3 is 10.0 Å². The summed E-state index contributed by atoms with van der Waals surface area (Å²) in [5.74, 6) is -1.04. The molecular formula is C11H11ClN2O2S2. The lowest BCUT2D eigenvalue weighted by atomic mass is 10.2. The quantitative estimate of drug-likeness (QED) is 0.934. The van der Waals surface area contributed by atoms with Gasteiger partial charge in [0.2, 0.25) is 0 Å². The summed E-state index contributed by atoms with van der Waals surface area (Å²) in [7, 11) is 1.88. The van der Waals surface area contributed by atoms with Crippen molar-refractivity contribution in [3.8, 4) is 0 Å². The highest BCUT2D eigenvalue weighted by atomic mass is 35.5. The van der Waals surface area contributed by atoms with E-state index in [4.69, 9.17) is 16.7 Å². The van der Waals surface area contributed by atoms with Crippen molar-refractivity contribution in [1.29, 1.82) is 0 Å². The molecule has 0 aliphatic carbocycles. The van der Waals surface area contributed by atoms with E-state index in [9.17, 15) is 4.79 Å². The van der Waals surface area contributed by atoms with E-state index in [0.717, 1.165) is 11.3 Å². The summed E-state index contributed by atoms with van der Waals surface area (Å²) < 4.78 is 0. The summed E-state index contributed by atoms with van der Waals surface area (Å²) in [4.78, 5) is 18.2. The maximum Gasteiger partial charge on any atom is 0.349 e. The monoisotopic (exact) mass is 302 g/mol. The molecule has 1 atom stereocenters. The highest BCUT2D eigenvalue weighted by Crippen LogP contribution is 2.34. The molecule has 0 aliphatic heterocycles. The Bertz CT molecular complexity index is 553. The molecule has 18 heavy (non-hydrogen) atoms. The topological polar surface area (TPSA) is 53.4 Å². The summed E-state index contributed by atoms with van der Waals surface area (Å²) >= 11 is 8.55. The molecule has 1 unspecified atom stereocenters. The van der Waals surface area contributed by atoms with E-state index in [1.807, 2.05) is 36.4 Å². The summed E-state index contributed by atoms with van der Waals surface area (Å²) in [5.41, 5.74) is 0. The van der Waals surface area contributed by atoms with E-state index in [1.165, 1.54) is 4.88 Å². The third kappa shape index (κ3) is 2.50. The van der Waals surface area contributed by atoms with Crippen molar-refractivity contribution in [3.05, 3.63) is 32.4 Å². The first kappa shape index (κ1) is 13.3. The molecule has 0 radical (unpaired) electrons. The van der Waals surface area contributed by atoms with E-state index >= 15 is 0 Å². The predicted molar refractivity (Wildman–Crippen MR) is 75.2 cm³/mol. The van der Waals surface area contributed by atoms with Crippen molar-refractivity contribution >= 4 is 45.4 Å². The Morgan fingerprint density at radius 1 is 1.61 bits per heavy atom. The molecule has 0 bridgehead atoms. The van der Waals surface area contributed by atoms with Gasteiger partial charge in [0.05, 0.1) is 6.04 Å². The van der Waals surface area contributed by atoms with Crippen molar-refractivity contribution in [2.45, 2.75) is 13.0 Å². The molecule has 1 N–H and O–H groups in total. The first-order valence-corrected chi connectivity index (χ1v) is 7.24. The van der Waals surface area contributed by atoms with Gasteiger partial charge >= 0.3 is 5.97 Å². The zero-order valence-electron chi connectivity index (χ0n) is 9.75. The van der Waals surface area contributed by atoms with Gasteiger partial charge in [-0.15, -0.1) is 11.3 Å². The van der Waals surface area contributed by atoms with Gasteiger partial charge in [-0.3, -0.25) is 0 Å². The van der Waals surface area contributed by atoms with E-state index in [1.54, 1.807) is 11.3 Å². The molecule has 2 aromatic rings. The highest BCUT2D eigenvalue weighted by Gasteiger charge is 2.21. The largest absolute Gasteiger partial charge is 0.477 e. The highest BCUT2D eigenvalue weighted by molar-refractivity contribution is 7.18. The molecule has 0 amide bonds. The standard InChI is InChI=1S/C11H11ClN2O2S2/c1-6(7-4-3-5-17-7)14(2)11-13-9(12)8(18-11)10(15)16/h3-6H,1-2H3,(H,15,16). The van der Waals surface area contributed by atoms with Gasteiger partial charge in [-0.2, -0.15) is 0 Å². The molecule has 7 heteroatoms. The van der Waals surface area contributed by atoms with Gasteiger partial charge in [0.15, 0.2) is 15.2 Å². The first-order valence-electron chi connectivity index (χ1n) is 5.16. The fourth-order valence-corrected chi connectivity index (χ4v) is 3.45. The van der Waals surface area contributed by atoms with Crippen LogP contribution >= 0.6 is 34.3 Å². The first-order chi connectivity index (χ1) is 8.50. The van der Waals surface area contributed by atoms with Crippen molar-refractivity contribution in [2.24, 2.45) is 0 Å². The van der Waals surface area contributed by atoms with Crippen LogP contribution in [0.5, 0.6) is 0 Å². The van der Waals surface area contributed by atoms with Gasteiger partial charge in [-0.05, 0) is 18.4 Å². The van der Waals surface area contributed by atoms with Gasteiger partial charge in [-0.25, -0.2) is 9.78 Å². The Morgan fingerprint density at radius 3 is 2.83 bits per heavy atom. The lowest BCUT2D eigenvalue weighted by Crippen LogP contribution is -2.20. The number of anilines is 1. The Morgan fingerprint density at radius 2 is 2.33 bits per heavy atom. The van der Waals surface area contributed by atoms with Gasteiger partial charge in [-0.1, -0.05) is 29.0 Å². The van der Waals surface area contributed by atoms with E-state index in [2.05, 4.69) is 4.98 Å². The van der Waals surface area contributed by atoms with Gasteiger partial charge in [0, 0.05) is 11.9 Å². The number of carbonyl (C=O) groups is 1. The van der Waals surface area contributed by atoms with Crippen LogP contribution in [0.1, 0.15) is 27.5 Å². The van der Waals surface area contributed by atoms with Crippen LogP contribution in [0.3, 0.4) is 0 Å². The molecule has 0 spiro atoms. The normalized spacial score (nSPS) is 12.4. The lowest BCUT2D eigenvalue weighted by Gasteiger charge is -2.23. The third-order valence-corrected chi connectivity index (χ3v) is 5.17. The molecule has 0 saturated heterocycles. The minimum atomic E-state index is -1.04. The fraction of sp³-hybridized carbons (Fsp3) is 0.273. The number of nitrogens with zero attached hydrogens (tertiary/aromatic N) is 2. The molecule has 4 nitrogen and oxygen atoms in total. The molecule has 2 rings (SSSR count). The number of carboxylic acids is 1. The zero-order chi connectivity index (χ0) is 13.3. The summed E-state index contributed by atoms with van der Waals surface area (Å²) in [5, 5.41) is 11.6. The van der Waals surface area contributed by atoms with Crippen LogP contribution in [-0.4, -0.2) is 23.1 Å². The molecule has 2 aromatic heterocycles. The average molecular weight is 303 g/mol. The fourth-order valence-electron chi connectivity index (χ4n) is 1.46. The van der Waals surface area contributed by atoms with Gasteiger partial charge in [0.1, 0.15) is 0 Å². The molecular weight excluding hydrogens is 292 g/mol. The van der Waals surface area contributed by atoms with E-state index < -0.39 is 5.97 Å². The SMILES string of the molecule is CC(c1cccs1)N(C)c1nc(Cl)c(C(=O)O)s1. The number of hydrogen-bond donors (Lipinski definition) is 1. The Labute approximate surface area is 117 Å². The molecule has 0 aliphatic rings. The zero-order valence-corrected chi connectivity index (χ0v) is 12.1. The molecule has 96 valence electrons. The Kier molecular flexibility index (Phi) is 3.89. The number of hydrogen-bond acceptors (Lipinski definition) is 5. The van der Waals surface area contributed by atoms with Crippen molar-refractivity contribution in [2.75, 3.05) is 11.9 Å². The van der Waals surface area contributed by atoms with Crippen LogP contribution in [0.4, 0.5) is 5.13 Å². The number of aromatic carboxylic acids is 1. The summed E-state index contributed by atoms with van der Waals surface area (Å²) in [6.07, 6.45) is 0. The predicted octanol–water partition coefficient (Wildman–Crippen LogP) is 3.75. The van der Waals surface area contributed by atoms with E-state index in [0.29, 0.717) is 5.13 Å². The second-order valence-electron chi connectivity index (χ2n) is 3.72. The minimum Gasteiger partial charge on any atom is -0.477 e. The minimum absolute atomic E-state index is 0.0488. The third-order valence-electron chi connectivity index (χ3n) is 2.61. The van der Waals surface area contributed by atoms with E-state index in [-0.39, 0.29) is 16.1 Å². The summed E-state index contributed by atoms with van der Waals surface area (Å²) in [6.45, 7) is 2.04. The second-order valence-corrected chi connectivity index (χ2v) is 6.04. The van der Waals surface area contributed by atoms with Crippen LogP contribution < -0.4 is 4.90 Å². The molecule has 2 heterocycles. The maximum atomic E-state index is 10.9. The van der Waals surface area contributed by atoms with Crippen molar-refractivity contribution < 1.29 is 9.90 Å². The molecule has 0 aromatic carbocycles. The van der Waals surface area contributed by atoms with Crippen LogP contribution in [0.2, 0.25) is 5.15 Å². The van der Waals surface area contributed by atoms with Crippen LogP contribution in [0.25, 0.3) is 0 Å².